The maximum atomic E-state index is 7.15. The van der Waals surface area contributed by atoms with Crippen LogP contribution in [0.3, 0.4) is 0 Å². The highest BCUT2D eigenvalue weighted by Gasteiger charge is 1.96. The fraction of sp³-hybridized carbons (Fsp3) is 0.750. The summed E-state index contributed by atoms with van der Waals surface area (Å²) in [5.74, 6) is 1.49. The fourth-order valence-electron chi connectivity index (χ4n) is 1.90. The van der Waals surface area contributed by atoms with Gasteiger partial charge in [-0.2, -0.15) is 12.6 Å². The molecule has 0 unspecified atom stereocenters. The van der Waals surface area contributed by atoms with Crippen LogP contribution >= 0.6 is 21.7 Å². The second-order valence-corrected chi connectivity index (χ2v) is 6.02. The van der Waals surface area contributed by atoms with E-state index in [-0.39, 0.29) is 0 Å². The van der Waals surface area contributed by atoms with E-state index >= 15 is 0 Å². The Labute approximate surface area is 148 Å². The zero-order chi connectivity index (χ0) is 17.2. The largest absolute Gasteiger partial charge is 0.357 e. The van der Waals surface area contributed by atoms with Crippen molar-refractivity contribution in [3.63, 3.8) is 0 Å². The van der Waals surface area contributed by atoms with Crippen molar-refractivity contribution in [3.05, 3.63) is 18.0 Å². The van der Waals surface area contributed by atoms with Crippen LogP contribution in [0.5, 0.6) is 0 Å². The van der Waals surface area contributed by atoms with E-state index in [4.69, 9.17) is 9.79 Å². The summed E-state index contributed by atoms with van der Waals surface area (Å²) in [6, 6.07) is 1.90. The molecule has 0 aliphatic heterocycles. The second-order valence-electron chi connectivity index (χ2n) is 5.38. The van der Waals surface area contributed by atoms with Crippen LogP contribution in [-0.4, -0.2) is 32.6 Å². The molecule has 0 bridgehead atoms. The van der Waals surface area contributed by atoms with Gasteiger partial charge in [0.25, 0.3) is 0 Å². The molecule has 1 aromatic rings. The van der Waals surface area contributed by atoms with Crippen molar-refractivity contribution in [2.75, 3.05) is 18.1 Å². The fourth-order valence-corrected chi connectivity index (χ4v) is 2.13. The molecule has 0 aromatic carbocycles. The minimum Gasteiger partial charge on any atom is -0.357 e. The van der Waals surface area contributed by atoms with E-state index in [1.54, 1.807) is 13.2 Å². The number of hydrogen-bond donors (Lipinski definition) is 4. The summed E-state index contributed by atoms with van der Waals surface area (Å²) in [5.41, 5.74) is 1.03. The van der Waals surface area contributed by atoms with Crippen LogP contribution in [0, 0.1) is 0 Å². The van der Waals surface area contributed by atoms with Crippen molar-refractivity contribution in [3.8, 4) is 0 Å². The van der Waals surface area contributed by atoms with Crippen LogP contribution in [0.2, 0.25) is 0 Å². The van der Waals surface area contributed by atoms with Crippen molar-refractivity contribution in [2.24, 2.45) is 0 Å². The number of thiol groups is 1. The minimum atomic E-state index is -0.917. The van der Waals surface area contributed by atoms with Gasteiger partial charge in [0.2, 0.25) is 5.95 Å². The van der Waals surface area contributed by atoms with Crippen LogP contribution < -0.4 is 5.32 Å². The zero-order valence-electron chi connectivity index (χ0n) is 14.2. The molecule has 0 radical (unpaired) electrons. The highest BCUT2D eigenvalue weighted by molar-refractivity contribution is 7.80. The third kappa shape index (κ3) is 14.9. The lowest BCUT2D eigenvalue weighted by atomic mass is 10.0. The third-order valence-corrected chi connectivity index (χ3v) is 3.78. The number of nitrogens with zero attached hydrogens (tertiary/aromatic N) is 2. The normalized spacial score (nSPS) is 14.8. The molecule has 2 aliphatic rings. The van der Waals surface area contributed by atoms with Gasteiger partial charge >= 0.3 is 0 Å². The third-order valence-electron chi connectivity index (χ3n) is 3.55. The molecule has 3 N–H and O–H groups in total. The molecule has 1 heterocycles. The van der Waals surface area contributed by atoms with Gasteiger partial charge in [0, 0.05) is 18.9 Å². The summed E-state index contributed by atoms with van der Waals surface area (Å²) in [7, 11) is 0.889. The minimum absolute atomic E-state index is 0.671. The van der Waals surface area contributed by atoms with Gasteiger partial charge in [0.05, 0.1) is 0 Å². The van der Waals surface area contributed by atoms with Crippen LogP contribution in [0.25, 0.3) is 0 Å². The van der Waals surface area contributed by atoms with Gasteiger partial charge in [-0.3, -0.25) is 0 Å². The maximum absolute atomic E-state index is 7.15. The van der Waals surface area contributed by atoms with Gasteiger partial charge in [-0.1, -0.05) is 57.8 Å². The molecule has 2 fully saturated rings. The molecular formula is C16H32N3O2PS. The van der Waals surface area contributed by atoms with E-state index < -0.39 is 9.03 Å². The van der Waals surface area contributed by atoms with Crippen molar-refractivity contribution < 1.29 is 9.79 Å². The van der Waals surface area contributed by atoms with Crippen LogP contribution in [0.15, 0.2) is 12.3 Å². The van der Waals surface area contributed by atoms with Gasteiger partial charge in [-0.25, -0.2) is 9.97 Å². The Bertz CT molecular complexity index is 353. The summed E-state index contributed by atoms with van der Waals surface area (Å²) in [5, 5.41) is 2.88. The number of anilines is 1. The van der Waals surface area contributed by atoms with Crippen molar-refractivity contribution in [1.82, 2.24) is 9.97 Å². The first-order valence-corrected chi connectivity index (χ1v) is 9.94. The van der Waals surface area contributed by atoms with E-state index in [1.807, 2.05) is 6.07 Å². The highest BCUT2D eigenvalue weighted by atomic mass is 32.1. The molecule has 1 aromatic heterocycles. The van der Waals surface area contributed by atoms with E-state index in [0.717, 1.165) is 17.9 Å². The van der Waals surface area contributed by atoms with Gasteiger partial charge in [-0.05, 0) is 18.2 Å². The summed E-state index contributed by atoms with van der Waals surface area (Å²) in [4.78, 5) is 22.5. The average Bonchev–Trinajstić information content (AvgIpc) is 3.06. The van der Waals surface area contributed by atoms with Crippen molar-refractivity contribution in [2.45, 2.75) is 64.2 Å². The Morgan fingerprint density at radius 2 is 1.48 bits per heavy atom. The Morgan fingerprint density at radius 1 is 1.04 bits per heavy atom. The van der Waals surface area contributed by atoms with Crippen LogP contribution in [0.4, 0.5) is 5.95 Å². The molecule has 0 amide bonds. The van der Waals surface area contributed by atoms with E-state index in [0.29, 0.717) is 5.95 Å². The Hall–Kier alpha value is -0.420. The first kappa shape index (κ1) is 22.6. The topological polar surface area (TPSA) is 78.3 Å². The molecule has 2 aliphatic carbocycles. The molecule has 0 spiro atoms. The lowest BCUT2D eigenvalue weighted by molar-refractivity contribution is 0.504. The van der Waals surface area contributed by atoms with Gasteiger partial charge in [0.1, 0.15) is 9.03 Å². The van der Waals surface area contributed by atoms with Crippen molar-refractivity contribution >= 4 is 27.6 Å². The predicted octanol–water partition coefficient (Wildman–Crippen LogP) is 3.98. The lowest BCUT2D eigenvalue weighted by Gasteiger charge is -2.05. The maximum Gasteiger partial charge on any atom is 0.222 e. The van der Waals surface area contributed by atoms with Crippen LogP contribution in [0.1, 0.15) is 63.5 Å². The van der Waals surface area contributed by atoms with Gasteiger partial charge in [-0.15, -0.1) is 0 Å². The molecule has 134 valence electrons. The number of nitrogens with one attached hydrogen (secondary N) is 1. The molecule has 0 saturated heterocycles. The molecule has 0 atom stereocenters. The second kappa shape index (κ2) is 17.9. The monoisotopic (exact) mass is 361 g/mol. The quantitative estimate of drug-likeness (QED) is 0.484. The highest BCUT2D eigenvalue weighted by Crippen LogP contribution is 2.15. The van der Waals surface area contributed by atoms with E-state index in [1.165, 1.54) is 57.8 Å². The SMILES string of the molecule is C1CCC1.C1CCCC1.CNc1nccc(CCS)n1.OPO. The van der Waals surface area contributed by atoms with E-state index in [2.05, 4.69) is 27.9 Å². The molecule has 23 heavy (non-hydrogen) atoms. The van der Waals surface area contributed by atoms with Crippen molar-refractivity contribution in [1.29, 1.82) is 0 Å². The first-order valence-electron chi connectivity index (χ1n) is 8.42. The molecule has 7 heteroatoms. The Balaban J connectivity index is 0.000000331. The molecular weight excluding hydrogens is 329 g/mol. The summed E-state index contributed by atoms with van der Waals surface area (Å²) < 4.78 is 0. The number of rotatable bonds is 3. The summed E-state index contributed by atoms with van der Waals surface area (Å²) >= 11 is 4.11. The average molecular weight is 361 g/mol. The van der Waals surface area contributed by atoms with Gasteiger partial charge in [0.15, 0.2) is 0 Å². The number of hydrogen-bond acceptors (Lipinski definition) is 6. The molecule has 3 rings (SSSR count). The Morgan fingerprint density at radius 3 is 1.83 bits per heavy atom. The standard InChI is InChI=1S/C7H11N3S.C5H10.C4H8.H3O2P/c1-8-7-9-4-2-6(10-7)3-5-11;1-2-4-5-3-1;1-2-4-3-1;1-3-2/h2,4,11H,3,5H2,1H3,(H,8,9,10);1-5H2;1-4H2;1-3H. The number of aromatic nitrogens is 2. The lowest BCUT2D eigenvalue weighted by Crippen LogP contribution is -1.99. The van der Waals surface area contributed by atoms with E-state index in [9.17, 15) is 0 Å². The summed E-state index contributed by atoms with van der Waals surface area (Å²) in [6.07, 6.45) is 16.1. The van der Waals surface area contributed by atoms with Crippen LogP contribution in [-0.2, 0) is 6.42 Å². The smallest absolute Gasteiger partial charge is 0.222 e. The summed E-state index contributed by atoms with van der Waals surface area (Å²) in [6.45, 7) is 0. The predicted molar refractivity (Wildman–Crippen MR) is 103 cm³/mol. The molecule has 5 nitrogen and oxygen atoms in total. The number of aryl methyl sites for hydroxylation is 1. The zero-order valence-corrected chi connectivity index (χ0v) is 16.1. The first-order chi connectivity index (χ1) is 11.3. The van der Waals surface area contributed by atoms with Gasteiger partial charge < -0.3 is 15.1 Å². The Kier molecular flexibility index (Phi) is 17.6. The molecule has 2 saturated carbocycles.